The molecule has 3 heterocycles. The van der Waals surface area contributed by atoms with Crippen molar-refractivity contribution in [3.63, 3.8) is 0 Å². The van der Waals surface area contributed by atoms with E-state index >= 15 is 0 Å². The SMILES string of the molecule is Cc1cc(C)c(S(=O)(=O)N2Cc3cccnc3[C@@H]3CNC[C@H]3C2)c(C)c1. The zero-order chi connectivity index (χ0) is 18.5. The smallest absolute Gasteiger partial charge is 0.243 e. The maximum Gasteiger partial charge on any atom is 0.243 e. The van der Waals surface area contributed by atoms with E-state index in [1.54, 1.807) is 4.31 Å². The van der Waals surface area contributed by atoms with Crippen molar-refractivity contribution in [2.24, 2.45) is 5.92 Å². The van der Waals surface area contributed by atoms with Crippen molar-refractivity contribution in [1.82, 2.24) is 14.6 Å². The zero-order valence-corrected chi connectivity index (χ0v) is 16.3. The number of sulfonamides is 1. The number of hydrogen-bond acceptors (Lipinski definition) is 4. The summed E-state index contributed by atoms with van der Waals surface area (Å²) in [7, 11) is -3.57. The van der Waals surface area contributed by atoms with Crippen molar-refractivity contribution < 1.29 is 8.42 Å². The van der Waals surface area contributed by atoms with Crippen molar-refractivity contribution >= 4 is 10.0 Å². The maximum absolute atomic E-state index is 13.6. The van der Waals surface area contributed by atoms with Gasteiger partial charge in [0.05, 0.1) is 4.90 Å². The van der Waals surface area contributed by atoms with Crippen LogP contribution in [0.4, 0.5) is 0 Å². The number of nitrogens with one attached hydrogen (secondary N) is 1. The summed E-state index contributed by atoms with van der Waals surface area (Å²) in [5.74, 6) is 0.540. The van der Waals surface area contributed by atoms with Crippen LogP contribution < -0.4 is 5.32 Å². The first-order valence-electron chi connectivity index (χ1n) is 9.10. The molecule has 2 aliphatic rings. The Morgan fingerprint density at radius 1 is 1.15 bits per heavy atom. The Balaban J connectivity index is 1.81. The van der Waals surface area contributed by atoms with Gasteiger partial charge in [-0.25, -0.2) is 8.42 Å². The van der Waals surface area contributed by atoms with E-state index in [1.807, 2.05) is 51.2 Å². The topological polar surface area (TPSA) is 62.3 Å². The second kappa shape index (κ2) is 6.44. The molecule has 2 atom stereocenters. The van der Waals surface area contributed by atoms with Gasteiger partial charge in [-0.05, 0) is 56.0 Å². The molecule has 5 nitrogen and oxygen atoms in total. The molecular weight excluding hydrogens is 346 g/mol. The second-order valence-corrected chi connectivity index (χ2v) is 9.47. The number of benzene rings is 1. The van der Waals surface area contributed by atoms with E-state index in [0.717, 1.165) is 41.0 Å². The summed E-state index contributed by atoms with van der Waals surface area (Å²) in [6.07, 6.45) is 1.81. The Morgan fingerprint density at radius 2 is 1.88 bits per heavy atom. The first-order chi connectivity index (χ1) is 12.4. The van der Waals surface area contributed by atoms with E-state index in [0.29, 0.717) is 18.0 Å². The summed E-state index contributed by atoms with van der Waals surface area (Å²) in [6, 6.07) is 7.81. The van der Waals surface area contributed by atoms with Crippen LogP contribution in [0, 0.1) is 26.7 Å². The van der Waals surface area contributed by atoms with Crippen LogP contribution in [0.2, 0.25) is 0 Å². The minimum atomic E-state index is -3.57. The number of pyridine rings is 1. The molecule has 0 radical (unpaired) electrons. The Hall–Kier alpha value is -1.76. The third-order valence-electron chi connectivity index (χ3n) is 5.60. The van der Waals surface area contributed by atoms with Crippen LogP contribution in [0.5, 0.6) is 0 Å². The van der Waals surface area contributed by atoms with E-state index < -0.39 is 10.0 Å². The minimum Gasteiger partial charge on any atom is -0.316 e. The Labute approximate surface area is 155 Å². The predicted molar refractivity (Wildman–Crippen MR) is 102 cm³/mol. The number of aromatic nitrogens is 1. The van der Waals surface area contributed by atoms with Crippen molar-refractivity contribution in [2.45, 2.75) is 38.1 Å². The molecule has 0 amide bonds. The fourth-order valence-corrected chi connectivity index (χ4v) is 6.45. The van der Waals surface area contributed by atoms with Gasteiger partial charge in [-0.3, -0.25) is 4.98 Å². The van der Waals surface area contributed by atoms with Crippen molar-refractivity contribution in [1.29, 1.82) is 0 Å². The molecule has 1 aromatic carbocycles. The number of fused-ring (bicyclic) bond motifs is 3. The molecule has 1 aromatic heterocycles. The van der Waals surface area contributed by atoms with Crippen LogP contribution in [0.1, 0.15) is 33.9 Å². The highest BCUT2D eigenvalue weighted by molar-refractivity contribution is 7.89. The van der Waals surface area contributed by atoms with E-state index in [2.05, 4.69) is 10.3 Å². The van der Waals surface area contributed by atoms with E-state index in [1.165, 1.54) is 0 Å². The molecule has 4 rings (SSSR count). The lowest BCUT2D eigenvalue weighted by Crippen LogP contribution is -2.35. The summed E-state index contributed by atoms with van der Waals surface area (Å²) in [5, 5.41) is 3.41. The van der Waals surface area contributed by atoms with Crippen LogP contribution in [-0.2, 0) is 16.6 Å². The summed E-state index contributed by atoms with van der Waals surface area (Å²) in [6.45, 7) is 8.40. The average molecular weight is 372 g/mol. The van der Waals surface area contributed by atoms with Crippen molar-refractivity contribution in [2.75, 3.05) is 19.6 Å². The molecule has 2 aliphatic heterocycles. The van der Waals surface area contributed by atoms with Gasteiger partial charge in [0.15, 0.2) is 0 Å². The molecule has 0 spiro atoms. The molecule has 0 unspecified atom stereocenters. The minimum absolute atomic E-state index is 0.256. The van der Waals surface area contributed by atoms with Gasteiger partial charge >= 0.3 is 0 Å². The van der Waals surface area contributed by atoms with E-state index in [9.17, 15) is 8.42 Å². The third kappa shape index (κ3) is 2.86. The number of hydrogen-bond donors (Lipinski definition) is 1. The monoisotopic (exact) mass is 371 g/mol. The van der Waals surface area contributed by atoms with Crippen LogP contribution in [0.3, 0.4) is 0 Å². The highest BCUT2D eigenvalue weighted by atomic mass is 32.2. The number of nitrogens with zero attached hydrogens (tertiary/aromatic N) is 2. The molecule has 0 aliphatic carbocycles. The molecule has 6 heteroatoms. The Morgan fingerprint density at radius 3 is 2.62 bits per heavy atom. The Kier molecular flexibility index (Phi) is 4.37. The Bertz CT molecular complexity index is 932. The molecule has 2 aromatic rings. The largest absolute Gasteiger partial charge is 0.316 e. The van der Waals surface area contributed by atoms with Gasteiger partial charge in [0.1, 0.15) is 0 Å². The summed E-state index contributed by atoms with van der Waals surface area (Å²) in [5.41, 5.74) is 4.80. The van der Waals surface area contributed by atoms with E-state index in [-0.39, 0.29) is 11.8 Å². The predicted octanol–water partition coefficient (Wildman–Crippen LogP) is 2.51. The fourth-order valence-electron chi connectivity index (χ4n) is 4.57. The van der Waals surface area contributed by atoms with Gasteiger partial charge in [-0.2, -0.15) is 4.31 Å². The summed E-state index contributed by atoms with van der Waals surface area (Å²) >= 11 is 0. The second-order valence-electron chi connectivity index (χ2n) is 7.60. The highest BCUT2D eigenvalue weighted by Gasteiger charge is 2.39. The first-order valence-corrected chi connectivity index (χ1v) is 10.5. The lowest BCUT2D eigenvalue weighted by molar-refractivity contribution is 0.349. The van der Waals surface area contributed by atoms with Gasteiger partial charge in [-0.1, -0.05) is 23.8 Å². The van der Waals surface area contributed by atoms with Gasteiger partial charge in [0.2, 0.25) is 10.0 Å². The normalized spacial score (nSPS) is 23.3. The highest BCUT2D eigenvalue weighted by Crippen LogP contribution is 2.36. The number of aryl methyl sites for hydroxylation is 3. The van der Waals surface area contributed by atoms with Crippen molar-refractivity contribution in [3.05, 3.63) is 58.4 Å². The van der Waals surface area contributed by atoms with Crippen LogP contribution in [0.25, 0.3) is 0 Å². The van der Waals surface area contributed by atoms with Crippen molar-refractivity contribution in [3.8, 4) is 0 Å². The molecule has 138 valence electrons. The lowest BCUT2D eigenvalue weighted by atomic mass is 9.91. The van der Waals surface area contributed by atoms with Gasteiger partial charge < -0.3 is 5.32 Å². The molecule has 0 bridgehead atoms. The zero-order valence-electron chi connectivity index (χ0n) is 15.5. The van der Waals surface area contributed by atoms with E-state index in [4.69, 9.17) is 0 Å². The molecule has 0 saturated carbocycles. The standard InChI is InChI=1S/C20H25N3O2S/c1-13-7-14(2)20(15(3)8-13)26(24,25)23-11-16-5-4-6-22-19(16)18-10-21-9-17(18)12-23/h4-8,17-18,21H,9-12H2,1-3H3/t17-,18+/m0/s1. The quantitative estimate of drug-likeness (QED) is 0.881. The number of rotatable bonds is 2. The van der Waals surface area contributed by atoms with Gasteiger partial charge in [0, 0.05) is 37.4 Å². The van der Waals surface area contributed by atoms with Crippen LogP contribution in [0.15, 0.2) is 35.4 Å². The molecular formula is C20H25N3O2S. The molecule has 26 heavy (non-hydrogen) atoms. The first kappa shape index (κ1) is 17.6. The average Bonchev–Trinajstić information content (AvgIpc) is 2.95. The molecule has 1 fully saturated rings. The van der Waals surface area contributed by atoms with Gasteiger partial charge in [-0.15, -0.1) is 0 Å². The lowest BCUT2D eigenvalue weighted by Gasteiger charge is -2.25. The maximum atomic E-state index is 13.6. The van der Waals surface area contributed by atoms with Gasteiger partial charge in [0.25, 0.3) is 0 Å². The van der Waals surface area contributed by atoms with Crippen LogP contribution >= 0.6 is 0 Å². The summed E-state index contributed by atoms with van der Waals surface area (Å²) in [4.78, 5) is 5.05. The fraction of sp³-hybridized carbons (Fsp3) is 0.450. The third-order valence-corrected chi connectivity index (χ3v) is 7.72. The molecule has 1 N–H and O–H groups in total. The summed E-state index contributed by atoms with van der Waals surface area (Å²) < 4.78 is 28.8. The van der Waals surface area contributed by atoms with Crippen LogP contribution in [-0.4, -0.2) is 37.3 Å². The molecule has 1 saturated heterocycles.